The molecule has 0 fully saturated rings. The lowest BCUT2D eigenvalue weighted by Crippen LogP contribution is -2.53. The van der Waals surface area contributed by atoms with Gasteiger partial charge >= 0.3 is 6.03 Å². The van der Waals surface area contributed by atoms with Gasteiger partial charge in [-0.15, -0.1) is 0 Å². The number of aromatic nitrogens is 1. The number of methoxy groups -OCH3 is 1. The van der Waals surface area contributed by atoms with Crippen LogP contribution >= 0.6 is 0 Å². The van der Waals surface area contributed by atoms with Crippen LogP contribution in [0.25, 0.3) is 0 Å². The van der Waals surface area contributed by atoms with Gasteiger partial charge in [-0.25, -0.2) is 4.79 Å². The van der Waals surface area contributed by atoms with E-state index in [1.807, 2.05) is 31.7 Å². The van der Waals surface area contributed by atoms with E-state index < -0.39 is 5.54 Å². The van der Waals surface area contributed by atoms with Crippen LogP contribution in [0.15, 0.2) is 42.6 Å². The van der Waals surface area contributed by atoms with Gasteiger partial charge in [-0.05, 0) is 49.9 Å². The molecule has 7 heteroatoms. The van der Waals surface area contributed by atoms with Crippen LogP contribution in [0, 0.1) is 0 Å². The van der Waals surface area contributed by atoms with Gasteiger partial charge in [0.1, 0.15) is 6.54 Å². The number of nitrogens with zero attached hydrogens (tertiary/aromatic N) is 3. The predicted molar refractivity (Wildman–Crippen MR) is 130 cm³/mol. The molecule has 1 aromatic heterocycles. The van der Waals surface area contributed by atoms with Gasteiger partial charge in [0.05, 0.1) is 12.6 Å². The fourth-order valence-electron chi connectivity index (χ4n) is 4.17. The molecule has 3 rings (SSSR count). The molecule has 0 saturated carbocycles. The zero-order chi connectivity index (χ0) is 24.2. The van der Waals surface area contributed by atoms with E-state index in [1.54, 1.807) is 12.0 Å². The molecule has 0 bridgehead atoms. The molecular formula is C26H38N4O3. The minimum Gasteiger partial charge on any atom is -0.383 e. The lowest BCUT2D eigenvalue weighted by Gasteiger charge is -2.39. The molecule has 1 aliphatic rings. The number of benzene rings is 1. The van der Waals surface area contributed by atoms with E-state index in [1.165, 1.54) is 5.56 Å². The first-order valence-electron chi connectivity index (χ1n) is 11.7. The molecule has 1 aliphatic heterocycles. The first-order valence-corrected chi connectivity index (χ1v) is 11.7. The maximum atomic E-state index is 13.6. The van der Waals surface area contributed by atoms with Crippen molar-refractivity contribution in [3.8, 4) is 0 Å². The molecule has 0 radical (unpaired) electrons. The van der Waals surface area contributed by atoms with Crippen LogP contribution in [0.1, 0.15) is 63.4 Å². The third-order valence-corrected chi connectivity index (χ3v) is 5.94. The third-order valence-electron chi connectivity index (χ3n) is 5.94. The Bertz CT molecular complexity index is 943. The molecule has 1 N–H and O–H groups in total. The van der Waals surface area contributed by atoms with Crippen LogP contribution in [0.5, 0.6) is 0 Å². The summed E-state index contributed by atoms with van der Waals surface area (Å²) < 4.78 is 7.39. The normalized spacial score (nSPS) is 16.0. The molecule has 7 nitrogen and oxygen atoms in total. The van der Waals surface area contributed by atoms with Crippen molar-refractivity contribution in [1.29, 1.82) is 0 Å². The minimum absolute atomic E-state index is 0.00651. The molecule has 0 spiro atoms. The number of hydrogen-bond acceptors (Lipinski definition) is 3. The molecule has 1 aromatic carbocycles. The Kier molecular flexibility index (Phi) is 7.84. The second kappa shape index (κ2) is 10.4. The Morgan fingerprint density at radius 2 is 1.85 bits per heavy atom. The highest BCUT2D eigenvalue weighted by molar-refractivity contribution is 5.85. The molecule has 33 heavy (non-hydrogen) atoms. The summed E-state index contributed by atoms with van der Waals surface area (Å²) in [5.74, 6) is 0.378. The van der Waals surface area contributed by atoms with Crippen LogP contribution < -0.4 is 5.32 Å². The van der Waals surface area contributed by atoms with Gasteiger partial charge in [-0.3, -0.25) is 4.79 Å². The third kappa shape index (κ3) is 6.16. The molecule has 3 amide bonds. The van der Waals surface area contributed by atoms with Gasteiger partial charge in [0.15, 0.2) is 0 Å². The molecule has 2 heterocycles. The standard InChI is InChI=1S/C26H38N4O3/c1-19(2)20-9-11-21(12-10-20)24-22-8-7-13-28(22)14-15-30(24)23(31)18-29(16-17-33-6)25(32)27-26(3,4)5/h7-13,19,24H,14-18H2,1-6H3,(H,27,32). The van der Waals surface area contributed by atoms with Gasteiger partial charge in [0.25, 0.3) is 0 Å². The van der Waals surface area contributed by atoms with E-state index >= 15 is 0 Å². The average Bonchev–Trinajstić information content (AvgIpc) is 3.23. The monoisotopic (exact) mass is 454 g/mol. The maximum absolute atomic E-state index is 13.6. The van der Waals surface area contributed by atoms with E-state index in [4.69, 9.17) is 4.74 Å². The first-order chi connectivity index (χ1) is 15.6. The highest BCUT2D eigenvalue weighted by Crippen LogP contribution is 2.33. The van der Waals surface area contributed by atoms with E-state index in [0.717, 1.165) is 17.8 Å². The van der Waals surface area contributed by atoms with Crippen LogP contribution in [-0.4, -0.2) is 65.2 Å². The summed E-state index contributed by atoms with van der Waals surface area (Å²) in [6.45, 7) is 12.2. The molecule has 0 aliphatic carbocycles. The van der Waals surface area contributed by atoms with E-state index in [2.05, 4.69) is 60.3 Å². The minimum atomic E-state index is -0.391. The average molecular weight is 455 g/mol. The Balaban J connectivity index is 1.86. The van der Waals surface area contributed by atoms with Crippen LogP contribution in [0.2, 0.25) is 0 Å². The van der Waals surface area contributed by atoms with Gasteiger partial charge in [0, 0.05) is 44.2 Å². The largest absolute Gasteiger partial charge is 0.383 e. The zero-order valence-corrected chi connectivity index (χ0v) is 20.8. The summed E-state index contributed by atoms with van der Waals surface area (Å²) in [5.41, 5.74) is 3.05. The van der Waals surface area contributed by atoms with Crippen molar-refractivity contribution in [3.63, 3.8) is 0 Å². The van der Waals surface area contributed by atoms with Crippen molar-refractivity contribution in [3.05, 3.63) is 59.4 Å². The number of ether oxygens (including phenoxy) is 1. The van der Waals surface area contributed by atoms with Crippen molar-refractivity contribution in [1.82, 2.24) is 19.7 Å². The number of urea groups is 1. The fraction of sp³-hybridized carbons (Fsp3) is 0.538. The summed E-state index contributed by atoms with van der Waals surface area (Å²) >= 11 is 0. The fourth-order valence-corrected chi connectivity index (χ4v) is 4.17. The molecule has 0 saturated heterocycles. The first kappa shape index (κ1) is 24.8. The van der Waals surface area contributed by atoms with Gasteiger partial charge < -0.3 is 24.4 Å². The lowest BCUT2D eigenvalue weighted by atomic mass is 9.95. The number of rotatable bonds is 7. The number of nitrogens with one attached hydrogen (secondary N) is 1. The van der Waals surface area contributed by atoms with Crippen LogP contribution in [0.4, 0.5) is 4.79 Å². The zero-order valence-electron chi connectivity index (χ0n) is 20.8. The molecular weight excluding hydrogens is 416 g/mol. The summed E-state index contributed by atoms with van der Waals surface area (Å²) in [7, 11) is 1.59. The Morgan fingerprint density at radius 3 is 2.45 bits per heavy atom. The summed E-state index contributed by atoms with van der Waals surface area (Å²) in [5, 5.41) is 2.96. The highest BCUT2D eigenvalue weighted by atomic mass is 16.5. The molecule has 1 unspecified atom stereocenters. The van der Waals surface area contributed by atoms with E-state index in [-0.39, 0.29) is 24.5 Å². The quantitative estimate of drug-likeness (QED) is 0.688. The van der Waals surface area contributed by atoms with Crippen molar-refractivity contribution < 1.29 is 14.3 Å². The number of fused-ring (bicyclic) bond motifs is 1. The topological polar surface area (TPSA) is 66.8 Å². The molecule has 180 valence electrons. The van der Waals surface area contributed by atoms with Crippen molar-refractivity contribution in [2.75, 3.05) is 33.4 Å². The predicted octanol–water partition coefficient (Wildman–Crippen LogP) is 4.00. The summed E-state index contributed by atoms with van der Waals surface area (Å²) in [6, 6.07) is 12.2. The second-order valence-corrected chi connectivity index (χ2v) is 10.0. The SMILES string of the molecule is COCCN(CC(=O)N1CCn2cccc2C1c1ccc(C(C)C)cc1)C(=O)NC(C)(C)C. The number of hydrogen-bond donors (Lipinski definition) is 1. The second-order valence-electron chi connectivity index (χ2n) is 10.0. The number of carbonyl (C=O) groups is 2. The lowest BCUT2D eigenvalue weighted by molar-refractivity contribution is -0.134. The Hall–Kier alpha value is -2.80. The smallest absolute Gasteiger partial charge is 0.318 e. The van der Waals surface area contributed by atoms with Crippen LogP contribution in [0.3, 0.4) is 0 Å². The van der Waals surface area contributed by atoms with Gasteiger partial charge in [-0.1, -0.05) is 38.1 Å². The molecule has 2 aromatic rings. The maximum Gasteiger partial charge on any atom is 0.318 e. The number of carbonyl (C=O) groups excluding carboxylic acids is 2. The Morgan fingerprint density at radius 1 is 1.15 bits per heavy atom. The van der Waals surface area contributed by atoms with Crippen molar-refractivity contribution in [2.45, 2.75) is 58.7 Å². The summed E-state index contributed by atoms with van der Waals surface area (Å²) in [6.07, 6.45) is 2.06. The van der Waals surface area contributed by atoms with Crippen LogP contribution in [-0.2, 0) is 16.1 Å². The molecule has 1 atom stereocenters. The van der Waals surface area contributed by atoms with Crippen molar-refractivity contribution >= 4 is 11.9 Å². The number of amides is 3. The summed E-state index contributed by atoms with van der Waals surface area (Å²) in [4.78, 5) is 29.9. The van der Waals surface area contributed by atoms with E-state index in [0.29, 0.717) is 25.6 Å². The highest BCUT2D eigenvalue weighted by Gasteiger charge is 2.33. The van der Waals surface area contributed by atoms with Gasteiger partial charge in [0.2, 0.25) is 5.91 Å². The van der Waals surface area contributed by atoms with Gasteiger partial charge in [-0.2, -0.15) is 0 Å². The Labute approximate surface area is 197 Å². The van der Waals surface area contributed by atoms with E-state index in [9.17, 15) is 9.59 Å². The van der Waals surface area contributed by atoms with Crippen molar-refractivity contribution in [2.24, 2.45) is 0 Å².